The predicted molar refractivity (Wildman–Crippen MR) is 49.5 cm³/mol. The van der Waals surface area contributed by atoms with Gasteiger partial charge < -0.3 is 10.3 Å². The summed E-state index contributed by atoms with van der Waals surface area (Å²) in [6.07, 6.45) is -3.65. The van der Waals surface area contributed by atoms with Crippen LogP contribution in [-0.4, -0.2) is 11.1 Å². The van der Waals surface area contributed by atoms with Gasteiger partial charge in [-0.3, -0.25) is 4.79 Å². The van der Waals surface area contributed by atoms with Crippen LogP contribution in [-0.2, 0) is 6.18 Å². The summed E-state index contributed by atoms with van der Waals surface area (Å²) in [5.74, 6) is 0. The van der Waals surface area contributed by atoms with Crippen LogP contribution < -0.4 is 11.3 Å². The van der Waals surface area contributed by atoms with Gasteiger partial charge in [-0.25, -0.2) is 0 Å². The van der Waals surface area contributed by atoms with Crippen molar-refractivity contribution in [3.63, 3.8) is 0 Å². The summed E-state index contributed by atoms with van der Waals surface area (Å²) >= 11 is 0. The van der Waals surface area contributed by atoms with Crippen LogP contribution in [0.25, 0.3) is 0 Å². The van der Waals surface area contributed by atoms with Crippen molar-refractivity contribution in [2.45, 2.75) is 19.1 Å². The number of pyridine rings is 1. The van der Waals surface area contributed by atoms with Crippen LogP contribution in [0.4, 0.5) is 13.2 Å². The molecule has 0 aliphatic rings. The fraction of sp³-hybridized carbons (Fsp3) is 0.444. The van der Waals surface area contributed by atoms with Gasteiger partial charge in [0.15, 0.2) is 0 Å². The SMILES string of the molecule is CC(CN)n1cc(C(F)(F)F)ccc1=O. The van der Waals surface area contributed by atoms with E-state index in [1.165, 1.54) is 0 Å². The largest absolute Gasteiger partial charge is 0.417 e. The molecule has 15 heavy (non-hydrogen) atoms. The molecule has 0 bridgehead atoms. The standard InChI is InChI=1S/C9H11F3N2O/c1-6(4-13)14-5-7(9(10,11)12)2-3-8(14)15/h2-3,5-6H,4,13H2,1H3. The van der Waals surface area contributed by atoms with Gasteiger partial charge in [-0.05, 0) is 13.0 Å². The van der Waals surface area contributed by atoms with E-state index < -0.39 is 23.3 Å². The minimum atomic E-state index is -4.44. The molecule has 1 heterocycles. The van der Waals surface area contributed by atoms with Crippen LogP contribution in [0.3, 0.4) is 0 Å². The summed E-state index contributed by atoms with van der Waals surface area (Å²) in [6.45, 7) is 1.70. The smallest absolute Gasteiger partial charge is 0.328 e. The second-order valence-corrected chi connectivity index (χ2v) is 3.25. The molecule has 0 saturated heterocycles. The Labute approximate surface area is 84.3 Å². The average molecular weight is 220 g/mol. The molecule has 1 unspecified atom stereocenters. The van der Waals surface area contributed by atoms with Gasteiger partial charge in [0.05, 0.1) is 5.56 Å². The maximum Gasteiger partial charge on any atom is 0.417 e. The molecule has 84 valence electrons. The Morgan fingerprint density at radius 1 is 1.47 bits per heavy atom. The lowest BCUT2D eigenvalue weighted by atomic mass is 10.2. The molecule has 0 fully saturated rings. The first-order chi connectivity index (χ1) is 6.86. The molecule has 6 heteroatoms. The molecule has 0 amide bonds. The van der Waals surface area contributed by atoms with Crippen LogP contribution in [0, 0.1) is 0 Å². The van der Waals surface area contributed by atoms with Gasteiger partial charge in [-0.2, -0.15) is 13.2 Å². The fourth-order valence-corrected chi connectivity index (χ4v) is 1.13. The van der Waals surface area contributed by atoms with E-state index in [9.17, 15) is 18.0 Å². The summed E-state index contributed by atoms with van der Waals surface area (Å²) < 4.78 is 37.9. The number of alkyl halides is 3. The topological polar surface area (TPSA) is 48.0 Å². The van der Waals surface area contributed by atoms with E-state index in [4.69, 9.17) is 5.73 Å². The van der Waals surface area contributed by atoms with Crippen molar-refractivity contribution in [1.82, 2.24) is 4.57 Å². The number of hydrogen-bond acceptors (Lipinski definition) is 2. The Morgan fingerprint density at radius 3 is 2.53 bits per heavy atom. The van der Waals surface area contributed by atoms with Gasteiger partial charge in [0.1, 0.15) is 0 Å². The maximum atomic E-state index is 12.3. The van der Waals surface area contributed by atoms with E-state index >= 15 is 0 Å². The van der Waals surface area contributed by atoms with Crippen molar-refractivity contribution in [1.29, 1.82) is 0 Å². The first-order valence-electron chi connectivity index (χ1n) is 4.35. The van der Waals surface area contributed by atoms with Crippen molar-refractivity contribution < 1.29 is 13.2 Å². The summed E-state index contributed by atoms with van der Waals surface area (Å²) in [6, 6.07) is 1.22. The van der Waals surface area contributed by atoms with Gasteiger partial charge >= 0.3 is 6.18 Å². The van der Waals surface area contributed by atoms with Crippen molar-refractivity contribution in [2.75, 3.05) is 6.54 Å². The van der Waals surface area contributed by atoms with Crippen molar-refractivity contribution in [3.8, 4) is 0 Å². The van der Waals surface area contributed by atoms with E-state index in [1.54, 1.807) is 6.92 Å². The number of hydrogen-bond donors (Lipinski definition) is 1. The number of nitrogens with two attached hydrogens (primary N) is 1. The molecule has 0 aliphatic carbocycles. The molecule has 0 spiro atoms. The van der Waals surface area contributed by atoms with E-state index in [0.29, 0.717) is 0 Å². The van der Waals surface area contributed by atoms with Crippen LogP contribution in [0.1, 0.15) is 18.5 Å². The highest BCUT2D eigenvalue weighted by atomic mass is 19.4. The third-order valence-electron chi connectivity index (χ3n) is 2.08. The van der Waals surface area contributed by atoms with Gasteiger partial charge in [0.2, 0.25) is 0 Å². The first-order valence-corrected chi connectivity index (χ1v) is 4.35. The minimum absolute atomic E-state index is 0.112. The highest BCUT2D eigenvalue weighted by molar-refractivity contribution is 5.14. The van der Waals surface area contributed by atoms with Crippen molar-refractivity contribution >= 4 is 0 Å². The monoisotopic (exact) mass is 220 g/mol. The van der Waals surface area contributed by atoms with Gasteiger partial charge in [-0.1, -0.05) is 0 Å². The fourth-order valence-electron chi connectivity index (χ4n) is 1.13. The Hall–Kier alpha value is -1.30. The number of nitrogens with zero attached hydrogens (tertiary/aromatic N) is 1. The lowest BCUT2D eigenvalue weighted by Crippen LogP contribution is -2.28. The summed E-state index contributed by atoms with van der Waals surface area (Å²) in [5.41, 5.74) is 3.96. The number of aromatic nitrogens is 1. The zero-order chi connectivity index (χ0) is 11.6. The number of rotatable bonds is 2. The third-order valence-corrected chi connectivity index (χ3v) is 2.08. The Kier molecular flexibility index (Phi) is 3.18. The average Bonchev–Trinajstić information content (AvgIpc) is 2.15. The Morgan fingerprint density at radius 2 is 2.07 bits per heavy atom. The molecule has 1 aromatic rings. The second-order valence-electron chi connectivity index (χ2n) is 3.25. The van der Waals surface area contributed by atoms with Crippen LogP contribution >= 0.6 is 0 Å². The molecular weight excluding hydrogens is 209 g/mol. The van der Waals surface area contributed by atoms with Crippen molar-refractivity contribution in [2.24, 2.45) is 5.73 Å². The third kappa shape index (κ3) is 2.59. The van der Waals surface area contributed by atoms with E-state index in [0.717, 1.165) is 22.9 Å². The molecule has 2 N–H and O–H groups in total. The molecule has 0 aromatic carbocycles. The molecule has 3 nitrogen and oxygen atoms in total. The molecular formula is C9H11F3N2O. The molecule has 0 radical (unpaired) electrons. The zero-order valence-electron chi connectivity index (χ0n) is 8.08. The maximum absolute atomic E-state index is 12.3. The van der Waals surface area contributed by atoms with Crippen LogP contribution in [0.2, 0.25) is 0 Å². The summed E-state index contributed by atoms with van der Waals surface area (Å²) in [5, 5.41) is 0. The number of halogens is 3. The molecule has 1 rings (SSSR count). The van der Waals surface area contributed by atoms with Gasteiger partial charge in [0, 0.05) is 24.8 Å². The highest BCUT2D eigenvalue weighted by Crippen LogP contribution is 2.28. The lowest BCUT2D eigenvalue weighted by molar-refractivity contribution is -0.138. The van der Waals surface area contributed by atoms with Crippen LogP contribution in [0.5, 0.6) is 0 Å². The highest BCUT2D eigenvalue weighted by Gasteiger charge is 2.31. The van der Waals surface area contributed by atoms with E-state index in [1.807, 2.05) is 0 Å². The molecule has 1 atom stereocenters. The first kappa shape index (κ1) is 11.8. The Bertz CT molecular complexity index is 397. The van der Waals surface area contributed by atoms with Crippen LogP contribution in [0.15, 0.2) is 23.1 Å². The Balaban J connectivity index is 3.23. The van der Waals surface area contributed by atoms with Gasteiger partial charge in [0.25, 0.3) is 5.56 Å². The molecule has 0 aliphatic heterocycles. The normalized spacial score (nSPS) is 13.9. The minimum Gasteiger partial charge on any atom is -0.328 e. The molecule has 0 saturated carbocycles. The van der Waals surface area contributed by atoms with E-state index in [-0.39, 0.29) is 6.54 Å². The summed E-state index contributed by atoms with van der Waals surface area (Å²) in [4.78, 5) is 11.2. The zero-order valence-corrected chi connectivity index (χ0v) is 8.08. The molecule has 1 aromatic heterocycles. The quantitative estimate of drug-likeness (QED) is 0.818. The van der Waals surface area contributed by atoms with E-state index in [2.05, 4.69) is 0 Å². The predicted octanol–water partition coefficient (Wildman–Crippen LogP) is 1.39. The van der Waals surface area contributed by atoms with Gasteiger partial charge in [-0.15, -0.1) is 0 Å². The lowest BCUT2D eigenvalue weighted by Gasteiger charge is -2.15. The second kappa shape index (κ2) is 4.06. The summed E-state index contributed by atoms with van der Waals surface area (Å²) in [7, 11) is 0. The van der Waals surface area contributed by atoms with Crippen molar-refractivity contribution in [3.05, 3.63) is 34.2 Å².